The molecule has 26 heavy (non-hydrogen) atoms. The molecule has 1 heterocycles. The summed E-state index contributed by atoms with van der Waals surface area (Å²) in [6, 6.07) is 5.79. The van der Waals surface area contributed by atoms with Crippen LogP contribution in [0.2, 0.25) is 0 Å². The number of amides is 1. The second-order valence-corrected chi connectivity index (χ2v) is 7.74. The van der Waals surface area contributed by atoms with Crippen LogP contribution in [0.25, 0.3) is 0 Å². The van der Waals surface area contributed by atoms with Gasteiger partial charge in [0.2, 0.25) is 11.0 Å². The van der Waals surface area contributed by atoms with Crippen LogP contribution in [0, 0.1) is 0 Å². The fraction of sp³-hybridized carbons (Fsp3) is 0.500. The average molecular weight is 396 g/mol. The molecule has 0 saturated carbocycles. The Morgan fingerprint density at radius 2 is 1.92 bits per heavy atom. The molecule has 2 aromatic rings. The fourth-order valence-electron chi connectivity index (χ4n) is 2.20. The number of thioether (sulfide) groups is 1. The van der Waals surface area contributed by atoms with E-state index in [2.05, 4.69) is 22.4 Å². The predicted molar refractivity (Wildman–Crippen MR) is 107 cm³/mol. The number of carbonyl (C=O) groups is 1. The summed E-state index contributed by atoms with van der Waals surface area (Å²) in [4.78, 5) is 12.2. The summed E-state index contributed by atoms with van der Waals surface area (Å²) in [7, 11) is 0. The van der Waals surface area contributed by atoms with Crippen LogP contribution in [0.3, 0.4) is 0 Å². The Hall–Kier alpha value is -1.80. The van der Waals surface area contributed by atoms with Gasteiger partial charge in [-0.25, -0.2) is 0 Å². The van der Waals surface area contributed by atoms with E-state index < -0.39 is 0 Å². The number of aromatic nitrogens is 2. The number of hydrogen-bond donors (Lipinski definition) is 1. The van der Waals surface area contributed by atoms with Crippen molar-refractivity contribution in [2.75, 3.05) is 24.3 Å². The minimum absolute atomic E-state index is 0.0694. The predicted octanol–water partition coefficient (Wildman–Crippen LogP) is 4.41. The lowest BCUT2D eigenvalue weighted by Crippen LogP contribution is -2.12. The van der Waals surface area contributed by atoms with Gasteiger partial charge in [-0.3, -0.25) is 4.79 Å². The van der Waals surface area contributed by atoms with Crippen LogP contribution < -0.4 is 14.8 Å². The summed E-state index contributed by atoms with van der Waals surface area (Å²) in [6.07, 6.45) is 2.07. The summed E-state index contributed by atoms with van der Waals surface area (Å²) >= 11 is 3.07. The zero-order valence-electron chi connectivity index (χ0n) is 15.4. The van der Waals surface area contributed by atoms with Crippen LogP contribution in [0.5, 0.6) is 11.5 Å². The molecule has 142 valence electrons. The van der Waals surface area contributed by atoms with E-state index in [1.165, 1.54) is 11.3 Å². The molecule has 0 atom stereocenters. The van der Waals surface area contributed by atoms with Crippen LogP contribution in [-0.4, -0.2) is 35.1 Å². The van der Waals surface area contributed by atoms with Crippen LogP contribution in [-0.2, 0) is 11.2 Å². The molecule has 0 fully saturated rings. The van der Waals surface area contributed by atoms with E-state index in [9.17, 15) is 4.79 Å². The lowest BCUT2D eigenvalue weighted by Gasteiger charge is -2.12. The van der Waals surface area contributed by atoms with Crippen LogP contribution >= 0.6 is 23.1 Å². The van der Waals surface area contributed by atoms with Gasteiger partial charge in [-0.2, -0.15) is 0 Å². The monoisotopic (exact) mass is 395 g/mol. The van der Waals surface area contributed by atoms with Gasteiger partial charge in [0.1, 0.15) is 0 Å². The Morgan fingerprint density at radius 3 is 2.65 bits per heavy atom. The van der Waals surface area contributed by atoms with Crippen LogP contribution in [0.4, 0.5) is 5.13 Å². The smallest absolute Gasteiger partial charge is 0.226 e. The Bertz CT molecular complexity index is 707. The van der Waals surface area contributed by atoms with Crippen molar-refractivity contribution in [3.63, 3.8) is 0 Å². The highest BCUT2D eigenvalue weighted by Gasteiger charge is 2.10. The van der Waals surface area contributed by atoms with Crippen molar-refractivity contribution >= 4 is 34.1 Å². The van der Waals surface area contributed by atoms with Crippen molar-refractivity contribution < 1.29 is 14.3 Å². The maximum Gasteiger partial charge on any atom is 0.226 e. The van der Waals surface area contributed by atoms with E-state index in [0.717, 1.165) is 27.8 Å². The number of aryl methyl sites for hydroxylation is 1. The number of nitrogens with zero attached hydrogens (tertiary/aromatic N) is 2. The summed E-state index contributed by atoms with van der Waals surface area (Å²) in [5, 5.41) is 11.5. The first-order chi connectivity index (χ1) is 12.7. The first kappa shape index (κ1) is 20.5. The van der Waals surface area contributed by atoms with E-state index in [1.54, 1.807) is 11.8 Å². The van der Waals surface area contributed by atoms with Gasteiger partial charge in [-0.1, -0.05) is 36.1 Å². The molecule has 1 aromatic carbocycles. The summed E-state index contributed by atoms with van der Waals surface area (Å²) < 4.78 is 12.1. The largest absolute Gasteiger partial charge is 0.490 e. The normalized spacial score (nSPS) is 10.6. The van der Waals surface area contributed by atoms with Gasteiger partial charge in [0.25, 0.3) is 0 Å². The Morgan fingerprint density at radius 1 is 1.15 bits per heavy atom. The fourth-order valence-corrected chi connectivity index (χ4v) is 3.89. The molecule has 0 aliphatic carbocycles. The molecule has 2 rings (SSSR count). The van der Waals surface area contributed by atoms with Crippen molar-refractivity contribution in [2.24, 2.45) is 0 Å². The number of rotatable bonds is 11. The lowest BCUT2D eigenvalue weighted by molar-refractivity contribution is -0.116. The van der Waals surface area contributed by atoms with E-state index in [1.807, 2.05) is 32.0 Å². The Balaban J connectivity index is 1.88. The molecule has 0 aliphatic heterocycles. The SMILES string of the molecule is CCCSc1nnc(NC(=O)CCc2ccc(OCC)c(OCC)c2)s1. The molecular weight excluding hydrogens is 370 g/mol. The van der Waals surface area contributed by atoms with Crippen LogP contribution in [0.15, 0.2) is 22.5 Å². The van der Waals surface area contributed by atoms with Crippen molar-refractivity contribution in [2.45, 2.75) is 44.4 Å². The van der Waals surface area contributed by atoms with Gasteiger partial charge in [0, 0.05) is 12.2 Å². The summed E-state index contributed by atoms with van der Waals surface area (Å²) in [5.41, 5.74) is 1.03. The lowest BCUT2D eigenvalue weighted by atomic mass is 10.1. The van der Waals surface area contributed by atoms with E-state index >= 15 is 0 Å². The van der Waals surface area contributed by atoms with Crippen molar-refractivity contribution in [1.82, 2.24) is 10.2 Å². The highest BCUT2D eigenvalue weighted by Crippen LogP contribution is 2.29. The Labute approximate surface area is 162 Å². The minimum Gasteiger partial charge on any atom is -0.490 e. The number of benzene rings is 1. The summed E-state index contributed by atoms with van der Waals surface area (Å²) in [5.74, 6) is 2.38. The maximum absolute atomic E-state index is 12.2. The molecule has 0 aliphatic rings. The second-order valence-electron chi connectivity index (χ2n) is 5.42. The number of hydrogen-bond acceptors (Lipinski definition) is 7. The van der Waals surface area contributed by atoms with Gasteiger partial charge in [-0.05, 0) is 44.4 Å². The van der Waals surface area contributed by atoms with Gasteiger partial charge in [-0.15, -0.1) is 10.2 Å². The highest BCUT2D eigenvalue weighted by molar-refractivity contribution is 8.01. The average Bonchev–Trinajstić information content (AvgIpc) is 3.07. The molecule has 0 unspecified atom stereocenters. The molecule has 0 radical (unpaired) electrons. The van der Waals surface area contributed by atoms with Crippen molar-refractivity contribution in [1.29, 1.82) is 0 Å². The number of nitrogens with one attached hydrogen (secondary N) is 1. The molecule has 1 aromatic heterocycles. The van der Waals surface area contributed by atoms with E-state index in [-0.39, 0.29) is 5.91 Å². The minimum atomic E-state index is -0.0694. The van der Waals surface area contributed by atoms with Gasteiger partial charge >= 0.3 is 0 Å². The standard InChI is InChI=1S/C18H25N3O3S2/c1-4-11-25-18-21-20-17(26-18)19-16(22)10-8-13-7-9-14(23-5-2)15(12-13)24-6-3/h7,9,12H,4-6,8,10-11H2,1-3H3,(H,19,20,22). The van der Waals surface area contributed by atoms with Gasteiger partial charge < -0.3 is 14.8 Å². The third-order valence-corrected chi connectivity index (χ3v) is 5.51. The van der Waals surface area contributed by atoms with Crippen molar-refractivity contribution in [3.8, 4) is 11.5 Å². The molecule has 1 N–H and O–H groups in total. The maximum atomic E-state index is 12.2. The third-order valence-electron chi connectivity index (χ3n) is 3.33. The highest BCUT2D eigenvalue weighted by atomic mass is 32.2. The first-order valence-electron chi connectivity index (χ1n) is 8.80. The molecule has 8 heteroatoms. The third kappa shape index (κ3) is 6.49. The zero-order chi connectivity index (χ0) is 18.8. The van der Waals surface area contributed by atoms with E-state index in [4.69, 9.17) is 9.47 Å². The molecule has 0 saturated heterocycles. The molecular formula is C18H25N3O3S2. The quantitative estimate of drug-likeness (QED) is 0.449. The Kier molecular flexibility index (Phi) is 8.70. The second kappa shape index (κ2) is 11.0. The molecule has 6 nitrogen and oxygen atoms in total. The number of carbonyl (C=O) groups excluding carboxylic acids is 1. The number of ether oxygens (including phenoxy) is 2. The van der Waals surface area contributed by atoms with E-state index in [0.29, 0.717) is 36.9 Å². The first-order valence-corrected chi connectivity index (χ1v) is 10.6. The molecule has 0 bridgehead atoms. The van der Waals surface area contributed by atoms with Gasteiger partial charge in [0.05, 0.1) is 13.2 Å². The van der Waals surface area contributed by atoms with Gasteiger partial charge in [0.15, 0.2) is 15.8 Å². The summed E-state index contributed by atoms with van der Waals surface area (Å²) in [6.45, 7) is 7.15. The number of anilines is 1. The molecule has 1 amide bonds. The van der Waals surface area contributed by atoms with Crippen LogP contribution in [0.1, 0.15) is 39.2 Å². The van der Waals surface area contributed by atoms with Crippen molar-refractivity contribution in [3.05, 3.63) is 23.8 Å². The topological polar surface area (TPSA) is 73.3 Å². The molecule has 0 spiro atoms. The zero-order valence-corrected chi connectivity index (χ0v) is 17.0.